The lowest BCUT2D eigenvalue weighted by Crippen LogP contribution is -2.43. The van der Waals surface area contributed by atoms with Gasteiger partial charge in [-0.3, -0.25) is 9.59 Å². The number of nitrogens with one attached hydrogen (secondary N) is 2. The van der Waals surface area contributed by atoms with E-state index in [-0.39, 0.29) is 43.4 Å². The zero-order valence-corrected chi connectivity index (χ0v) is 11.7. The van der Waals surface area contributed by atoms with Crippen LogP contribution in [0.5, 0.6) is 0 Å². The van der Waals surface area contributed by atoms with Crippen LogP contribution in [-0.4, -0.2) is 30.9 Å². The van der Waals surface area contributed by atoms with Crippen LogP contribution in [0.1, 0.15) is 39.0 Å². The Morgan fingerprint density at radius 3 is 2.56 bits per heavy atom. The van der Waals surface area contributed by atoms with Gasteiger partial charge in [0.1, 0.15) is 0 Å². The van der Waals surface area contributed by atoms with Crippen molar-refractivity contribution in [1.82, 2.24) is 10.6 Å². The Labute approximate surface area is 115 Å². The highest BCUT2D eigenvalue weighted by Gasteiger charge is 2.17. The first-order chi connectivity index (χ1) is 8.11. The smallest absolute Gasteiger partial charge is 0.239 e. The van der Waals surface area contributed by atoms with Gasteiger partial charge in [-0.1, -0.05) is 19.8 Å². The molecule has 0 saturated heterocycles. The molecule has 0 bridgehead atoms. The van der Waals surface area contributed by atoms with E-state index in [9.17, 15) is 9.59 Å². The van der Waals surface area contributed by atoms with Gasteiger partial charge in [0.15, 0.2) is 0 Å². The highest BCUT2D eigenvalue weighted by molar-refractivity contribution is 5.85. The van der Waals surface area contributed by atoms with Crippen LogP contribution in [0, 0.1) is 5.92 Å². The molecule has 0 spiro atoms. The van der Waals surface area contributed by atoms with E-state index in [4.69, 9.17) is 5.73 Å². The summed E-state index contributed by atoms with van der Waals surface area (Å²) in [7, 11) is 0. The third-order valence-corrected chi connectivity index (χ3v) is 3.25. The van der Waals surface area contributed by atoms with E-state index in [1.54, 1.807) is 0 Å². The Morgan fingerprint density at radius 2 is 1.89 bits per heavy atom. The first kappa shape index (κ1) is 17.2. The summed E-state index contributed by atoms with van der Waals surface area (Å²) in [5.41, 5.74) is 5.13. The molecule has 2 amide bonds. The maximum absolute atomic E-state index is 11.6. The second-order valence-corrected chi connectivity index (χ2v) is 4.86. The molecule has 5 nitrogen and oxygen atoms in total. The summed E-state index contributed by atoms with van der Waals surface area (Å²) in [5, 5.41) is 5.43. The number of hydrogen-bond donors (Lipinski definition) is 3. The topological polar surface area (TPSA) is 84.2 Å². The lowest BCUT2D eigenvalue weighted by Gasteiger charge is -2.16. The first-order valence-corrected chi connectivity index (χ1v) is 6.38. The average molecular weight is 278 g/mol. The van der Waals surface area contributed by atoms with Gasteiger partial charge < -0.3 is 16.4 Å². The van der Waals surface area contributed by atoms with Crippen LogP contribution >= 0.6 is 12.4 Å². The number of hydrogen-bond acceptors (Lipinski definition) is 3. The summed E-state index contributed by atoms with van der Waals surface area (Å²) in [6.07, 6.45) is 5.66. The predicted octanol–water partition coefficient (Wildman–Crippen LogP) is 0.568. The maximum atomic E-state index is 11.6. The Kier molecular flexibility index (Phi) is 8.75. The number of carbonyl (C=O) groups excluding carboxylic acids is 2. The van der Waals surface area contributed by atoms with E-state index in [1.165, 1.54) is 19.3 Å². The molecule has 0 aliphatic heterocycles. The Balaban J connectivity index is 0.00000289. The molecule has 1 aliphatic rings. The van der Waals surface area contributed by atoms with Crippen molar-refractivity contribution >= 4 is 24.2 Å². The van der Waals surface area contributed by atoms with Gasteiger partial charge in [0.2, 0.25) is 11.8 Å². The summed E-state index contributed by atoms with van der Waals surface area (Å²) in [6.45, 7) is 2.21. The van der Waals surface area contributed by atoms with Crippen molar-refractivity contribution in [2.24, 2.45) is 11.7 Å². The van der Waals surface area contributed by atoms with E-state index in [2.05, 4.69) is 17.6 Å². The molecule has 2 unspecified atom stereocenters. The normalized spacial score (nSPS) is 23.4. The minimum absolute atomic E-state index is 0. The molecule has 2 atom stereocenters. The molecule has 0 aromatic carbocycles. The van der Waals surface area contributed by atoms with Gasteiger partial charge >= 0.3 is 0 Å². The molecule has 0 aromatic heterocycles. The monoisotopic (exact) mass is 277 g/mol. The third-order valence-electron chi connectivity index (χ3n) is 3.25. The highest BCUT2D eigenvalue weighted by atomic mass is 35.5. The first-order valence-electron chi connectivity index (χ1n) is 6.38. The van der Waals surface area contributed by atoms with Gasteiger partial charge in [-0.25, -0.2) is 0 Å². The Morgan fingerprint density at radius 1 is 1.17 bits per heavy atom. The maximum Gasteiger partial charge on any atom is 0.239 e. The Hall–Kier alpha value is -0.810. The minimum atomic E-state index is -0.297. The van der Waals surface area contributed by atoms with Crippen molar-refractivity contribution < 1.29 is 9.59 Å². The van der Waals surface area contributed by atoms with Gasteiger partial charge in [0.25, 0.3) is 0 Å². The third kappa shape index (κ3) is 6.81. The lowest BCUT2D eigenvalue weighted by atomic mass is 10.0. The molecule has 18 heavy (non-hydrogen) atoms. The molecular formula is C12H24ClN3O2. The van der Waals surface area contributed by atoms with Gasteiger partial charge in [-0.05, 0) is 25.2 Å². The van der Waals surface area contributed by atoms with Crippen LogP contribution in [-0.2, 0) is 9.59 Å². The van der Waals surface area contributed by atoms with E-state index in [0.717, 1.165) is 18.8 Å². The summed E-state index contributed by atoms with van der Waals surface area (Å²) in [4.78, 5) is 22.4. The van der Waals surface area contributed by atoms with Gasteiger partial charge in [0.05, 0.1) is 13.1 Å². The van der Waals surface area contributed by atoms with Gasteiger partial charge in [0, 0.05) is 6.04 Å². The molecule has 0 radical (unpaired) electrons. The van der Waals surface area contributed by atoms with Crippen molar-refractivity contribution in [1.29, 1.82) is 0 Å². The van der Waals surface area contributed by atoms with Crippen LogP contribution in [0.3, 0.4) is 0 Å². The van der Waals surface area contributed by atoms with Crippen LogP contribution in [0.15, 0.2) is 0 Å². The van der Waals surface area contributed by atoms with Crippen LogP contribution in [0.2, 0.25) is 0 Å². The number of halogens is 1. The zero-order chi connectivity index (χ0) is 12.7. The minimum Gasteiger partial charge on any atom is -0.352 e. The summed E-state index contributed by atoms with van der Waals surface area (Å²) >= 11 is 0. The van der Waals surface area contributed by atoms with E-state index >= 15 is 0 Å². The molecule has 1 aliphatic carbocycles. The average Bonchev–Trinajstić information content (AvgIpc) is 2.51. The van der Waals surface area contributed by atoms with Crippen molar-refractivity contribution in [3.05, 3.63) is 0 Å². The molecule has 1 saturated carbocycles. The lowest BCUT2D eigenvalue weighted by molar-refractivity contribution is -0.125. The van der Waals surface area contributed by atoms with E-state index in [0.29, 0.717) is 0 Å². The number of rotatable bonds is 4. The number of nitrogens with two attached hydrogens (primary N) is 1. The second-order valence-electron chi connectivity index (χ2n) is 4.86. The largest absolute Gasteiger partial charge is 0.352 e. The van der Waals surface area contributed by atoms with Crippen molar-refractivity contribution in [2.75, 3.05) is 13.1 Å². The second kappa shape index (κ2) is 9.16. The molecule has 6 heteroatoms. The summed E-state index contributed by atoms with van der Waals surface area (Å²) in [5.74, 6) is 0.342. The van der Waals surface area contributed by atoms with Crippen LogP contribution in [0.25, 0.3) is 0 Å². The molecular weight excluding hydrogens is 254 g/mol. The quantitative estimate of drug-likeness (QED) is 0.657. The fraction of sp³-hybridized carbons (Fsp3) is 0.833. The van der Waals surface area contributed by atoms with Gasteiger partial charge in [-0.15, -0.1) is 12.4 Å². The molecule has 1 fully saturated rings. The highest BCUT2D eigenvalue weighted by Crippen LogP contribution is 2.22. The number of amides is 2. The van der Waals surface area contributed by atoms with E-state index < -0.39 is 0 Å². The molecule has 4 N–H and O–H groups in total. The SMILES string of the molecule is CC1CCCC(NC(=O)CNC(=O)CN)CC1.Cl. The molecule has 1 rings (SSSR count). The van der Waals surface area contributed by atoms with Crippen LogP contribution < -0.4 is 16.4 Å². The predicted molar refractivity (Wildman–Crippen MR) is 73.5 cm³/mol. The van der Waals surface area contributed by atoms with Crippen molar-refractivity contribution in [3.63, 3.8) is 0 Å². The number of carbonyl (C=O) groups is 2. The summed E-state index contributed by atoms with van der Waals surface area (Å²) < 4.78 is 0. The standard InChI is InChI=1S/C12H23N3O2.ClH/c1-9-3-2-4-10(6-5-9)15-12(17)8-14-11(16)7-13;/h9-10H,2-8,13H2,1H3,(H,14,16)(H,15,17);1H. The van der Waals surface area contributed by atoms with E-state index in [1.807, 2.05) is 0 Å². The molecule has 106 valence electrons. The van der Waals surface area contributed by atoms with Crippen LogP contribution in [0.4, 0.5) is 0 Å². The Bertz CT molecular complexity index is 274. The molecule has 0 aromatic rings. The summed E-state index contributed by atoms with van der Waals surface area (Å²) in [6, 6.07) is 0.266. The van der Waals surface area contributed by atoms with Crippen molar-refractivity contribution in [2.45, 2.75) is 45.1 Å². The fourth-order valence-electron chi connectivity index (χ4n) is 2.16. The van der Waals surface area contributed by atoms with Gasteiger partial charge in [-0.2, -0.15) is 0 Å². The van der Waals surface area contributed by atoms with Crippen molar-refractivity contribution in [3.8, 4) is 0 Å². The zero-order valence-electron chi connectivity index (χ0n) is 10.9. The fourth-order valence-corrected chi connectivity index (χ4v) is 2.16. The molecule has 0 heterocycles.